The number of fused-ring (bicyclic) bond motifs is 8. The summed E-state index contributed by atoms with van der Waals surface area (Å²) in [5.74, 6) is 0. The van der Waals surface area contributed by atoms with Crippen molar-refractivity contribution in [3.8, 4) is 0 Å². The van der Waals surface area contributed by atoms with Gasteiger partial charge in [0.25, 0.3) is 0 Å². The van der Waals surface area contributed by atoms with E-state index in [2.05, 4.69) is 119 Å². The summed E-state index contributed by atoms with van der Waals surface area (Å²) in [6.07, 6.45) is 7.39. The van der Waals surface area contributed by atoms with Gasteiger partial charge in [-0.2, -0.15) is 5.01 Å². The molecule has 0 aromatic carbocycles. The molecule has 8 bridgehead atoms. The molecular formula is C46H77B7N6O-7. The van der Waals surface area contributed by atoms with Crippen molar-refractivity contribution in [2.75, 3.05) is 0 Å². The number of aromatic amines is 3. The van der Waals surface area contributed by atoms with Crippen LogP contribution in [0.15, 0.2) is 59.4 Å². The van der Waals surface area contributed by atoms with Crippen LogP contribution in [0.5, 0.6) is 0 Å². The third kappa shape index (κ3) is 13.7. The number of carbonyl (C=O) groups is 1. The lowest BCUT2D eigenvalue weighted by Crippen LogP contribution is -2.40. The van der Waals surface area contributed by atoms with Gasteiger partial charge >= 0.3 is 0 Å². The van der Waals surface area contributed by atoms with E-state index in [1.165, 1.54) is 16.7 Å². The number of aryl methyl sites for hydroxylation is 3. The zero-order valence-electron chi connectivity index (χ0n) is 40.2. The maximum absolute atomic E-state index is 10.7. The number of rotatable bonds is 4. The Hall–Kier alpha value is -4.07. The van der Waals surface area contributed by atoms with Gasteiger partial charge in [0.1, 0.15) is 0 Å². The number of aromatic nitrogens is 5. The fourth-order valence-corrected chi connectivity index (χ4v) is 6.79. The van der Waals surface area contributed by atoms with Crippen molar-refractivity contribution in [2.24, 2.45) is 10.4 Å². The smallest absolute Gasteiger partial charge is 0.164 e. The first-order valence-corrected chi connectivity index (χ1v) is 18.3. The topological polar surface area (TPSA) is 103 Å². The van der Waals surface area contributed by atoms with Gasteiger partial charge in [-0.05, 0) is 86.0 Å². The molecule has 7 rings (SSSR count). The lowest BCUT2D eigenvalue weighted by atomic mass is 8.91. The first-order chi connectivity index (χ1) is 25.1. The van der Waals surface area contributed by atoms with Crippen molar-refractivity contribution in [1.29, 1.82) is 0 Å². The third-order valence-electron chi connectivity index (χ3n) is 10.3. The highest BCUT2D eigenvalue weighted by Gasteiger charge is 2.32. The summed E-state index contributed by atoms with van der Waals surface area (Å²) in [7, 11) is 26.6. The third-order valence-corrected chi connectivity index (χ3v) is 10.3. The lowest BCUT2D eigenvalue weighted by molar-refractivity contribution is -0.102. The van der Waals surface area contributed by atoms with Crippen molar-refractivity contribution in [1.82, 2.24) is 24.9 Å². The normalized spacial score (nSPS) is 15.7. The molecule has 3 aliphatic rings. The number of hydrogen-bond donors (Lipinski definition) is 3. The number of aldehydes is 1. The van der Waals surface area contributed by atoms with Crippen LogP contribution in [0.3, 0.4) is 0 Å². The van der Waals surface area contributed by atoms with Crippen molar-refractivity contribution >= 4 is 92.7 Å². The molecule has 4 aromatic rings. The molecule has 3 N–H and O–H groups in total. The van der Waals surface area contributed by atoms with Gasteiger partial charge in [0.15, 0.2) is 6.29 Å². The first kappa shape index (κ1) is 58.0. The molecular weight excluding hydrogens is 728 g/mol. The van der Waals surface area contributed by atoms with Crippen LogP contribution in [0.1, 0.15) is 148 Å². The second kappa shape index (κ2) is 22.2. The molecule has 0 amide bonds. The van der Waals surface area contributed by atoms with Gasteiger partial charge in [-0.3, -0.25) is 19.8 Å². The van der Waals surface area contributed by atoms with Gasteiger partial charge in [-0.25, -0.2) is 0 Å². The molecule has 0 aliphatic carbocycles. The Balaban J connectivity index is -0.000000114. The molecule has 7 heterocycles. The lowest BCUT2D eigenvalue weighted by Gasteiger charge is -2.25. The zero-order valence-corrected chi connectivity index (χ0v) is 33.2. The van der Waals surface area contributed by atoms with E-state index < -0.39 is 11.5 Å². The van der Waals surface area contributed by atoms with Gasteiger partial charge < -0.3 is 24.9 Å². The minimum Gasteiger partial charge on any atom is -1.00 e. The van der Waals surface area contributed by atoms with Gasteiger partial charge in [-0.1, -0.05) is 86.1 Å². The molecule has 0 atom stereocenters. The van der Waals surface area contributed by atoms with Crippen LogP contribution in [0.25, 0.3) is 28.1 Å². The van der Waals surface area contributed by atoms with Crippen LogP contribution in [0.2, 0.25) is 5.01 Å². The van der Waals surface area contributed by atoms with E-state index in [9.17, 15) is 4.79 Å². The Morgan fingerprint density at radius 3 is 1.50 bits per heavy atom. The second-order valence-corrected chi connectivity index (χ2v) is 16.9. The van der Waals surface area contributed by atoms with Crippen molar-refractivity contribution < 1.29 is 14.8 Å². The molecule has 0 saturated heterocycles. The van der Waals surface area contributed by atoms with E-state index in [0.29, 0.717) is 5.71 Å². The quantitative estimate of drug-likeness (QED) is 0.141. The maximum atomic E-state index is 10.7. The summed E-state index contributed by atoms with van der Waals surface area (Å²) in [5.41, 5.74) is 15.3. The molecule has 11 radical (unpaired) electrons. The number of hydrogen-bond acceptors (Lipinski definition) is 4. The summed E-state index contributed by atoms with van der Waals surface area (Å²) in [6, 6.07) is 15.3. The average molecular weight is 806 g/mol. The number of nitrogens with zero attached hydrogens (tertiary/aromatic N) is 3. The van der Waals surface area contributed by atoms with Crippen LogP contribution in [-0.4, -0.2) is 89.5 Å². The molecule has 60 heavy (non-hydrogen) atoms. The predicted molar refractivity (Wildman–Crippen MR) is 280 cm³/mol. The standard InChI is InChI=1S/C26H30N4.C13H16N2O.CB7.6CH4.7H/c1-15-7-17-9-19-13-26(5,6)24(30-19)12-22-16(2)8-18(28-22)10-20-14-25(3,4)23(29-20)11-21(15)27-17;1-9-4-5-14-11(9)6-12-13(2,3)7-10(8-16)15-12;2-1(3,4)8(6)7-5;;;;;;;;;;;;;/h7-12,27-28H,13-14H2,1-6H3;4-6,8,14H,7H2,1-3H3;;6*1H4;;;;;;;/q;;;;;;;;;7*-1/b;12-6-;;;;;;;;;;;;;;. The number of carbonyl (C=O) groups excluding carboxylic acids is 1. The summed E-state index contributed by atoms with van der Waals surface area (Å²) < 4.78 is 0. The second-order valence-electron chi connectivity index (χ2n) is 16.9. The Morgan fingerprint density at radius 1 is 0.717 bits per heavy atom. The van der Waals surface area contributed by atoms with Crippen LogP contribution in [0.4, 0.5) is 0 Å². The Labute approximate surface area is 383 Å². The molecule has 325 valence electrons. The minimum absolute atomic E-state index is 0. The minimum atomic E-state index is -1.39. The molecule has 4 aromatic heterocycles. The highest BCUT2D eigenvalue weighted by atomic mass is 16.1. The van der Waals surface area contributed by atoms with E-state index in [1.54, 1.807) is 0 Å². The summed E-state index contributed by atoms with van der Waals surface area (Å²) in [4.78, 5) is 35.5. The molecule has 0 saturated carbocycles. The number of aliphatic imine (C=N–C) groups is 1. The van der Waals surface area contributed by atoms with Crippen molar-refractivity contribution in [3.05, 3.63) is 99.5 Å². The first-order valence-electron chi connectivity index (χ1n) is 18.3. The van der Waals surface area contributed by atoms with Crippen LogP contribution in [0, 0.1) is 26.2 Å². The average Bonchev–Trinajstić information content (AvgIpc) is 3.89. The van der Waals surface area contributed by atoms with Gasteiger partial charge in [0.2, 0.25) is 0 Å². The van der Waals surface area contributed by atoms with Crippen LogP contribution < -0.4 is 0 Å². The molecule has 0 spiro atoms. The van der Waals surface area contributed by atoms with E-state index in [0.717, 1.165) is 88.8 Å². The Morgan fingerprint density at radius 2 is 1.17 bits per heavy atom. The van der Waals surface area contributed by atoms with E-state index in [4.69, 9.17) is 49.0 Å². The molecule has 7 nitrogen and oxygen atoms in total. The number of nitrogens with one attached hydrogen (secondary N) is 3. The Kier molecular flexibility index (Phi) is 21.4. The fraction of sp³-hybridized carbons (Fsp3) is 0.478. The molecule has 14 heteroatoms. The van der Waals surface area contributed by atoms with E-state index in [-0.39, 0.29) is 70.8 Å². The predicted octanol–water partition coefficient (Wildman–Crippen LogP) is 10.9. The SMILES string of the molecule is C.C.C.C.C.C.Cc1cc2cc3nc(cc4[nH]c(cc5nc(cc1[nH]2)C(C)(C)C5)cc4C)C(C)(C)C3.Cc1cc[nH]c1/C=C1\N=C(C=O)CC1(C)C.[B][B]B([B])C([B])([B])[B].[H-].[H-].[H-].[H-].[H-].[H-].[H-]. The van der Waals surface area contributed by atoms with E-state index in [1.807, 2.05) is 18.3 Å². The van der Waals surface area contributed by atoms with Crippen LogP contribution in [-0.2, 0) is 28.5 Å². The van der Waals surface area contributed by atoms with Crippen molar-refractivity contribution in [2.45, 2.75) is 142 Å². The fourth-order valence-electron chi connectivity index (χ4n) is 6.79. The molecule has 3 aliphatic heterocycles. The van der Waals surface area contributed by atoms with E-state index >= 15 is 0 Å². The van der Waals surface area contributed by atoms with Gasteiger partial charge in [0.05, 0.1) is 5.71 Å². The monoisotopic (exact) mass is 807 g/mol. The number of H-pyrrole nitrogens is 3. The van der Waals surface area contributed by atoms with Crippen LogP contribution >= 0.6 is 0 Å². The van der Waals surface area contributed by atoms with Gasteiger partial charge in [-0.15, -0.1) is 0 Å². The summed E-state index contributed by atoms with van der Waals surface area (Å²) in [5, 5.41) is -1.39. The highest BCUT2D eigenvalue weighted by molar-refractivity contribution is 7.50. The molecule has 0 unspecified atom stereocenters. The summed E-state index contributed by atoms with van der Waals surface area (Å²) in [6.45, 7) is 19.0. The Bertz CT molecular complexity index is 2190. The molecule has 0 fully saturated rings. The highest BCUT2D eigenvalue weighted by Crippen LogP contribution is 2.38. The maximum Gasteiger partial charge on any atom is 0.164 e. The summed E-state index contributed by atoms with van der Waals surface area (Å²) >= 11 is 0. The largest absolute Gasteiger partial charge is 1.00 e. The number of allylic oxidation sites excluding steroid dienone is 1. The van der Waals surface area contributed by atoms with Crippen molar-refractivity contribution in [3.63, 3.8) is 0 Å². The van der Waals surface area contributed by atoms with Gasteiger partial charge in [0, 0.05) is 151 Å². The zero-order chi connectivity index (χ0) is 39.8.